The van der Waals surface area contributed by atoms with Gasteiger partial charge in [-0.2, -0.15) is 0 Å². The van der Waals surface area contributed by atoms with Gasteiger partial charge in [-0.05, 0) is 35.6 Å². The standard InChI is InChI=1S/C18H21NO4S/c1-22-13-6-4-12(5-7-13)9-15-18(16(20)11-19-15)23-17(21)10-14-3-2-8-24-14/h2-8,15-16,18-20H,9-11H2,1H3/t15-,16+,18+/m1/s1. The summed E-state index contributed by atoms with van der Waals surface area (Å²) in [6, 6.07) is 11.5. The Balaban J connectivity index is 1.60. The third kappa shape index (κ3) is 4.14. The Morgan fingerprint density at radius 2 is 2.12 bits per heavy atom. The number of thiophene rings is 1. The second-order valence-electron chi connectivity index (χ2n) is 5.84. The number of hydrogen-bond donors (Lipinski definition) is 2. The van der Waals surface area contributed by atoms with Crippen molar-refractivity contribution in [3.63, 3.8) is 0 Å². The van der Waals surface area contributed by atoms with E-state index in [1.54, 1.807) is 7.11 Å². The van der Waals surface area contributed by atoms with E-state index in [9.17, 15) is 9.90 Å². The second-order valence-corrected chi connectivity index (χ2v) is 6.88. The number of aliphatic hydroxyl groups is 1. The van der Waals surface area contributed by atoms with E-state index in [4.69, 9.17) is 9.47 Å². The van der Waals surface area contributed by atoms with Crippen LogP contribution in [0, 0.1) is 0 Å². The third-order valence-electron chi connectivity index (χ3n) is 4.15. The fraction of sp³-hybridized carbons (Fsp3) is 0.389. The van der Waals surface area contributed by atoms with Crippen LogP contribution in [0.4, 0.5) is 0 Å². The summed E-state index contributed by atoms with van der Waals surface area (Å²) >= 11 is 1.53. The van der Waals surface area contributed by atoms with Gasteiger partial charge in [-0.1, -0.05) is 18.2 Å². The number of benzene rings is 1. The molecule has 0 radical (unpaired) electrons. The molecule has 3 atom stereocenters. The molecule has 0 saturated carbocycles. The molecule has 1 saturated heterocycles. The molecule has 0 spiro atoms. The first-order valence-electron chi connectivity index (χ1n) is 7.92. The van der Waals surface area contributed by atoms with Crippen molar-refractivity contribution in [1.29, 1.82) is 0 Å². The van der Waals surface area contributed by atoms with Gasteiger partial charge in [-0.3, -0.25) is 4.79 Å². The van der Waals surface area contributed by atoms with Crippen molar-refractivity contribution in [2.45, 2.75) is 31.1 Å². The van der Waals surface area contributed by atoms with E-state index in [1.165, 1.54) is 11.3 Å². The Labute approximate surface area is 145 Å². The highest BCUT2D eigenvalue weighted by atomic mass is 32.1. The highest BCUT2D eigenvalue weighted by molar-refractivity contribution is 7.10. The third-order valence-corrected chi connectivity index (χ3v) is 5.02. The van der Waals surface area contributed by atoms with E-state index < -0.39 is 12.2 Å². The molecule has 128 valence electrons. The zero-order valence-electron chi connectivity index (χ0n) is 13.5. The van der Waals surface area contributed by atoms with Crippen LogP contribution in [0.2, 0.25) is 0 Å². The van der Waals surface area contributed by atoms with Crippen molar-refractivity contribution in [3.8, 4) is 5.75 Å². The van der Waals surface area contributed by atoms with Gasteiger partial charge in [-0.25, -0.2) is 0 Å². The summed E-state index contributed by atoms with van der Waals surface area (Å²) < 4.78 is 10.7. The fourth-order valence-electron chi connectivity index (χ4n) is 2.89. The molecule has 6 heteroatoms. The number of aliphatic hydroxyl groups excluding tert-OH is 1. The lowest BCUT2D eigenvalue weighted by Gasteiger charge is -2.22. The van der Waals surface area contributed by atoms with E-state index in [2.05, 4.69) is 5.32 Å². The summed E-state index contributed by atoms with van der Waals surface area (Å²) in [6.07, 6.45) is -0.283. The predicted molar refractivity (Wildman–Crippen MR) is 92.4 cm³/mol. The molecule has 0 aliphatic carbocycles. The number of carbonyl (C=O) groups excluding carboxylic acids is 1. The van der Waals surface area contributed by atoms with Gasteiger partial charge in [0.2, 0.25) is 0 Å². The van der Waals surface area contributed by atoms with Crippen LogP contribution in [0.3, 0.4) is 0 Å². The molecule has 24 heavy (non-hydrogen) atoms. The van der Waals surface area contributed by atoms with Gasteiger partial charge in [0.1, 0.15) is 18.0 Å². The maximum Gasteiger partial charge on any atom is 0.311 e. The van der Waals surface area contributed by atoms with Crippen LogP contribution in [0.5, 0.6) is 5.75 Å². The molecule has 2 N–H and O–H groups in total. The van der Waals surface area contributed by atoms with Crippen LogP contribution in [-0.2, 0) is 22.4 Å². The van der Waals surface area contributed by atoms with Gasteiger partial charge >= 0.3 is 5.97 Å². The van der Waals surface area contributed by atoms with Gasteiger partial charge in [0, 0.05) is 11.4 Å². The Morgan fingerprint density at radius 3 is 2.79 bits per heavy atom. The van der Waals surface area contributed by atoms with Crippen molar-refractivity contribution >= 4 is 17.3 Å². The van der Waals surface area contributed by atoms with E-state index in [-0.39, 0.29) is 18.4 Å². The van der Waals surface area contributed by atoms with Crippen molar-refractivity contribution < 1.29 is 19.4 Å². The average molecular weight is 347 g/mol. The van der Waals surface area contributed by atoms with E-state index in [0.29, 0.717) is 13.0 Å². The number of nitrogens with one attached hydrogen (secondary N) is 1. The van der Waals surface area contributed by atoms with Crippen LogP contribution >= 0.6 is 11.3 Å². The molecule has 3 rings (SSSR count). The fourth-order valence-corrected chi connectivity index (χ4v) is 3.58. The Morgan fingerprint density at radius 1 is 1.33 bits per heavy atom. The molecule has 1 aromatic carbocycles. The zero-order chi connectivity index (χ0) is 16.9. The quantitative estimate of drug-likeness (QED) is 0.780. The maximum atomic E-state index is 12.1. The van der Waals surface area contributed by atoms with Crippen molar-refractivity contribution in [2.24, 2.45) is 0 Å². The molecule has 2 aromatic rings. The Kier molecular flexibility index (Phi) is 5.50. The summed E-state index contributed by atoms with van der Waals surface area (Å²) in [5.41, 5.74) is 1.10. The smallest absolute Gasteiger partial charge is 0.311 e. The van der Waals surface area contributed by atoms with E-state index in [0.717, 1.165) is 16.2 Å². The lowest BCUT2D eigenvalue weighted by Crippen LogP contribution is -2.39. The Hall–Kier alpha value is -1.89. The van der Waals surface area contributed by atoms with E-state index in [1.807, 2.05) is 41.8 Å². The SMILES string of the molecule is COc1ccc(C[C@H]2NC[C@H](O)[C@H]2OC(=O)Cc2cccs2)cc1. The molecule has 1 aliphatic heterocycles. The van der Waals surface area contributed by atoms with Gasteiger partial charge in [-0.15, -0.1) is 11.3 Å². The number of rotatable bonds is 6. The lowest BCUT2D eigenvalue weighted by molar-refractivity contribution is -0.153. The number of hydrogen-bond acceptors (Lipinski definition) is 6. The predicted octanol–water partition coefficient (Wildman–Crippen LogP) is 1.79. The highest BCUT2D eigenvalue weighted by Crippen LogP contribution is 2.20. The Bertz CT molecular complexity index is 656. The summed E-state index contributed by atoms with van der Waals surface area (Å²) in [5, 5.41) is 15.3. The van der Waals surface area contributed by atoms with Crippen LogP contribution in [0.25, 0.3) is 0 Å². The minimum atomic E-state index is -0.680. The van der Waals surface area contributed by atoms with Gasteiger partial charge in [0.05, 0.1) is 19.6 Å². The molecular weight excluding hydrogens is 326 g/mol. The van der Waals surface area contributed by atoms with Crippen LogP contribution < -0.4 is 10.1 Å². The van der Waals surface area contributed by atoms with Crippen LogP contribution in [-0.4, -0.2) is 43.0 Å². The molecule has 2 heterocycles. The molecule has 0 bridgehead atoms. The number of β-amino-alcohol motifs (C(OH)–C–C–N with tert-alkyl or cyclic N) is 1. The van der Waals surface area contributed by atoms with Crippen LogP contribution in [0.15, 0.2) is 41.8 Å². The molecular formula is C18H21NO4S. The van der Waals surface area contributed by atoms with Crippen molar-refractivity contribution in [2.75, 3.05) is 13.7 Å². The lowest BCUT2D eigenvalue weighted by atomic mass is 10.0. The molecule has 0 amide bonds. The first kappa shape index (κ1) is 17.0. The van der Waals surface area contributed by atoms with Crippen LogP contribution in [0.1, 0.15) is 10.4 Å². The van der Waals surface area contributed by atoms with Crippen molar-refractivity contribution in [1.82, 2.24) is 5.32 Å². The summed E-state index contributed by atoms with van der Waals surface area (Å²) in [7, 11) is 1.63. The monoisotopic (exact) mass is 347 g/mol. The largest absolute Gasteiger partial charge is 0.497 e. The average Bonchev–Trinajstić information content (AvgIpc) is 3.20. The molecule has 0 unspecified atom stereocenters. The zero-order valence-corrected chi connectivity index (χ0v) is 14.3. The van der Waals surface area contributed by atoms with Gasteiger partial charge in [0.25, 0.3) is 0 Å². The molecule has 1 fully saturated rings. The summed E-state index contributed by atoms with van der Waals surface area (Å²) in [6.45, 7) is 0.428. The minimum absolute atomic E-state index is 0.0966. The molecule has 5 nitrogen and oxygen atoms in total. The highest BCUT2D eigenvalue weighted by Gasteiger charge is 2.37. The van der Waals surface area contributed by atoms with Gasteiger partial charge < -0.3 is 19.9 Å². The number of methoxy groups -OCH3 is 1. The first-order valence-corrected chi connectivity index (χ1v) is 8.80. The number of carbonyl (C=O) groups is 1. The van der Waals surface area contributed by atoms with Gasteiger partial charge in [0.15, 0.2) is 0 Å². The second kappa shape index (κ2) is 7.79. The van der Waals surface area contributed by atoms with E-state index >= 15 is 0 Å². The number of esters is 1. The normalized spacial score (nSPS) is 23.2. The summed E-state index contributed by atoms with van der Waals surface area (Å²) in [5.74, 6) is 0.502. The topological polar surface area (TPSA) is 67.8 Å². The summed E-state index contributed by atoms with van der Waals surface area (Å²) in [4.78, 5) is 13.1. The molecule has 1 aliphatic rings. The first-order chi connectivity index (χ1) is 11.7. The maximum absolute atomic E-state index is 12.1. The van der Waals surface area contributed by atoms with Crippen molar-refractivity contribution in [3.05, 3.63) is 52.2 Å². The molecule has 1 aromatic heterocycles. The minimum Gasteiger partial charge on any atom is -0.497 e. The number of ether oxygens (including phenoxy) is 2.